The van der Waals surface area contributed by atoms with Crippen LogP contribution in [0.3, 0.4) is 0 Å². The average Bonchev–Trinajstić information content (AvgIpc) is 2.16. The lowest BCUT2D eigenvalue weighted by Crippen LogP contribution is -1.81. The van der Waals surface area contributed by atoms with Crippen LogP contribution in [0.4, 0.5) is 0 Å². The molecule has 1 nitrogen and oxygen atoms in total. The van der Waals surface area contributed by atoms with Crippen LogP contribution in [-0.4, -0.2) is 4.98 Å². The molecular weight excluding hydrogens is 158 g/mol. The smallest absolute Gasteiger partial charge is 0.0702 e. The first-order chi connectivity index (χ1) is 6.29. The molecule has 0 atom stereocenters. The van der Waals surface area contributed by atoms with Gasteiger partial charge in [-0.05, 0) is 36.2 Å². The maximum Gasteiger partial charge on any atom is 0.0702 e. The summed E-state index contributed by atoms with van der Waals surface area (Å²) in [4.78, 5) is 4.32. The first-order valence-electron chi connectivity index (χ1n) is 4.28. The number of rotatable bonds is 1. The zero-order chi connectivity index (χ0) is 9.26. The first kappa shape index (κ1) is 7.99. The molecule has 0 aliphatic rings. The number of benzene rings is 1. The Morgan fingerprint density at radius 3 is 2.92 bits per heavy atom. The summed E-state index contributed by atoms with van der Waals surface area (Å²) in [6.07, 6.45) is 3.73. The maximum atomic E-state index is 4.32. The molecule has 64 valence electrons. The number of aryl methyl sites for hydroxylation is 1. The lowest BCUT2D eigenvalue weighted by Gasteiger charge is -1.99. The van der Waals surface area contributed by atoms with E-state index < -0.39 is 0 Å². The average molecular weight is 169 g/mol. The molecule has 0 fully saturated rings. The van der Waals surface area contributed by atoms with Crippen molar-refractivity contribution in [1.29, 1.82) is 0 Å². The van der Waals surface area contributed by atoms with E-state index in [1.807, 2.05) is 31.3 Å². The van der Waals surface area contributed by atoms with Crippen molar-refractivity contribution in [3.63, 3.8) is 0 Å². The minimum absolute atomic E-state index is 1.04. The predicted molar refractivity (Wildman–Crippen MR) is 56.6 cm³/mol. The topological polar surface area (TPSA) is 12.9 Å². The molecule has 1 aromatic heterocycles. The van der Waals surface area contributed by atoms with Crippen LogP contribution in [0.25, 0.3) is 17.0 Å². The van der Waals surface area contributed by atoms with E-state index in [2.05, 4.69) is 23.7 Å². The Kier molecular flexibility index (Phi) is 1.85. The van der Waals surface area contributed by atoms with Gasteiger partial charge in [-0.2, -0.15) is 0 Å². The molecule has 1 heterocycles. The number of hydrogen-bond acceptors (Lipinski definition) is 1. The summed E-state index contributed by atoms with van der Waals surface area (Å²) >= 11 is 0. The fourth-order valence-corrected chi connectivity index (χ4v) is 1.39. The van der Waals surface area contributed by atoms with Crippen molar-refractivity contribution in [2.24, 2.45) is 0 Å². The first-order valence-corrected chi connectivity index (χ1v) is 4.28. The Labute approximate surface area is 77.7 Å². The van der Waals surface area contributed by atoms with Gasteiger partial charge in [0.25, 0.3) is 0 Å². The highest BCUT2D eigenvalue weighted by Crippen LogP contribution is 2.15. The van der Waals surface area contributed by atoms with E-state index in [1.54, 1.807) is 0 Å². The van der Waals surface area contributed by atoms with E-state index in [-0.39, 0.29) is 0 Å². The largest absolute Gasteiger partial charge is 0.256 e. The molecule has 0 spiro atoms. The van der Waals surface area contributed by atoms with Gasteiger partial charge in [-0.15, -0.1) is 0 Å². The molecule has 2 aromatic rings. The van der Waals surface area contributed by atoms with Gasteiger partial charge >= 0.3 is 0 Å². The molecule has 0 aliphatic carbocycles. The highest BCUT2D eigenvalue weighted by atomic mass is 14.6. The summed E-state index contributed by atoms with van der Waals surface area (Å²) in [5.41, 5.74) is 3.37. The number of hydrogen-bond donors (Lipinski definition) is 0. The fraction of sp³-hybridized carbons (Fsp3) is 0.0833. The summed E-state index contributed by atoms with van der Waals surface area (Å²) in [5.74, 6) is 0. The van der Waals surface area contributed by atoms with Crippen molar-refractivity contribution in [3.05, 3.63) is 48.2 Å². The summed E-state index contributed by atoms with van der Waals surface area (Å²) in [5, 5.41) is 1.18. The summed E-state index contributed by atoms with van der Waals surface area (Å²) < 4.78 is 0. The van der Waals surface area contributed by atoms with Gasteiger partial charge in [-0.1, -0.05) is 18.7 Å². The Morgan fingerprint density at radius 1 is 1.31 bits per heavy atom. The third-order valence-corrected chi connectivity index (χ3v) is 2.08. The quantitative estimate of drug-likeness (QED) is 0.638. The van der Waals surface area contributed by atoms with E-state index in [0.29, 0.717) is 0 Å². The number of nitrogens with zero attached hydrogens (tertiary/aromatic N) is 1. The monoisotopic (exact) mass is 169 g/mol. The van der Waals surface area contributed by atoms with Crippen molar-refractivity contribution < 1.29 is 0 Å². The molecule has 0 N–H and O–H groups in total. The van der Waals surface area contributed by atoms with Gasteiger partial charge in [0, 0.05) is 11.6 Å². The van der Waals surface area contributed by atoms with Gasteiger partial charge in [0.05, 0.1) is 5.52 Å². The van der Waals surface area contributed by atoms with Gasteiger partial charge in [-0.25, -0.2) is 0 Å². The predicted octanol–water partition coefficient (Wildman–Crippen LogP) is 3.19. The van der Waals surface area contributed by atoms with Crippen LogP contribution in [0.5, 0.6) is 0 Å². The van der Waals surface area contributed by atoms with Crippen LogP contribution >= 0.6 is 0 Å². The van der Waals surface area contributed by atoms with Crippen molar-refractivity contribution in [3.8, 4) is 0 Å². The zero-order valence-electron chi connectivity index (χ0n) is 7.62. The zero-order valence-corrected chi connectivity index (χ0v) is 7.62. The SMILES string of the molecule is C=Cc1ccc2ncc(C)cc2c1. The van der Waals surface area contributed by atoms with Gasteiger partial charge in [0.1, 0.15) is 0 Å². The lowest BCUT2D eigenvalue weighted by molar-refractivity contribution is 1.33. The normalized spacial score (nSPS) is 10.2. The molecule has 0 saturated heterocycles. The van der Waals surface area contributed by atoms with E-state index in [0.717, 1.165) is 11.1 Å². The van der Waals surface area contributed by atoms with Crippen LogP contribution in [0.1, 0.15) is 11.1 Å². The van der Waals surface area contributed by atoms with E-state index in [9.17, 15) is 0 Å². The Hall–Kier alpha value is -1.63. The summed E-state index contributed by atoms with van der Waals surface area (Å²) in [7, 11) is 0. The maximum absolute atomic E-state index is 4.32. The molecule has 0 unspecified atom stereocenters. The second-order valence-corrected chi connectivity index (χ2v) is 3.17. The molecule has 0 amide bonds. The standard InChI is InChI=1S/C12H11N/c1-3-10-4-5-12-11(7-10)6-9(2)8-13-12/h3-8H,1H2,2H3. The lowest BCUT2D eigenvalue weighted by atomic mass is 10.1. The third-order valence-electron chi connectivity index (χ3n) is 2.08. The Morgan fingerprint density at radius 2 is 2.15 bits per heavy atom. The van der Waals surface area contributed by atoms with Crippen LogP contribution in [0.2, 0.25) is 0 Å². The van der Waals surface area contributed by atoms with Gasteiger partial charge < -0.3 is 0 Å². The summed E-state index contributed by atoms with van der Waals surface area (Å²) in [6, 6.07) is 8.28. The van der Waals surface area contributed by atoms with E-state index >= 15 is 0 Å². The van der Waals surface area contributed by atoms with Crippen LogP contribution in [0.15, 0.2) is 37.0 Å². The second kappa shape index (κ2) is 3.02. The van der Waals surface area contributed by atoms with Crippen LogP contribution in [0, 0.1) is 6.92 Å². The van der Waals surface area contributed by atoms with E-state index in [4.69, 9.17) is 0 Å². The van der Waals surface area contributed by atoms with Crippen LogP contribution < -0.4 is 0 Å². The molecule has 0 radical (unpaired) electrons. The van der Waals surface area contributed by atoms with Gasteiger partial charge in [0.2, 0.25) is 0 Å². The third kappa shape index (κ3) is 1.45. The Balaban J connectivity index is 2.74. The fourth-order valence-electron chi connectivity index (χ4n) is 1.39. The molecule has 1 heteroatoms. The van der Waals surface area contributed by atoms with Crippen molar-refractivity contribution in [1.82, 2.24) is 4.98 Å². The molecule has 0 aliphatic heterocycles. The van der Waals surface area contributed by atoms with Crippen molar-refractivity contribution in [2.45, 2.75) is 6.92 Å². The minimum atomic E-state index is 1.04. The second-order valence-electron chi connectivity index (χ2n) is 3.17. The van der Waals surface area contributed by atoms with Crippen molar-refractivity contribution >= 4 is 17.0 Å². The highest BCUT2D eigenvalue weighted by molar-refractivity contribution is 5.81. The molecule has 13 heavy (non-hydrogen) atoms. The molecule has 0 bridgehead atoms. The molecule has 2 rings (SSSR count). The van der Waals surface area contributed by atoms with Crippen molar-refractivity contribution in [2.75, 3.05) is 0 Å². The minimum Gasteiger partial charge on any atom is -0.256 e. The number of aromatic nitrogens is 1. The highest BCUT2D eigenvalue weighted by Gasteiger charge is 1.95. The molecule has 1 aromatic carbocycles. The number of pyridine rings is 1. The molecule has 0 saturated carbocycles. The molecular formula is C12H11N. The number of fused-ring (bicyclic) bond motifs is 1. The Bertz CT molecular complexity index is 458. The van der Waals surface area contributed by atoms with Gasteiger partial charge in [-0.3, -0.25) is 4.98 Å². The van der Waals surface area contributed by atoms with Crippen LogP contribution in [-0.2, 0) is 0 Å². The summed E-state index contributed by atoms with van der Waals surface area (Å²) in [6.45, 7) is 5.79. The van der Waals surface area contributed by atoms with Gasteiger partial charge in [0.15, 0.2) is 0 Å². The van der Waals surface area contributed by atoms with E-state index in [1.165, 1.54) is 10.9 Å².